The normalized spacial score (nSPS) is 20.6. The zero-order chi connectivity index (χ0) is 21.0. The van der Waals surface area contributed by atoms with Gasteiger partial charge < -0.3 is 19.4 Å². The fourth-order valence-corrected chi connectivity index (χ4v) is 5.19. The number of rotatable bonds is 3. The number of aromatic amines is 1. The van der Waals surface area contributed by atoms with E-state index in [1.165, 1.54) is 0 Å². The predicted octanol–water partition coefficient (Wildman–Crippen LogP) is 3.30. The number of halogens is 1. The number of likely N-dealkylation sites (tertiary alicyclic amines) is 1. The number of piperidine rings is 1. The minimum atomic E-state index is 0.0112. The van der Waals surface area contributed by atoms with E-state index in [1.54, 1.807) is 0 Å². The fraction of sp³-hybridized carbons (Fsp3) is 0.391. The Bertz CT molecular complexity index is 1200. The maximum Gasteiger partial charge on any atom is 0.270 e. The molecule has 6 nitrogen and oxygen atoms in total. The van der Waals surface area contributed by atoms with Crippen molar-refractivity contribution in [3.05, 3.63) is 68.7 Å². The molecule has 156 valence electrons. The van der Waals surface area contributed by atoms with Crippen molar-refractivity contribution in [3.63, 3.8) is 0 Å². The second-order valence-corrected chi connectivity index (χ2v) is 9.30. The summed E-state index contributed by atoms with van der Waals surface area (Å²) < 4.78 is 1.95. The van der Waals surface area contributed by atoms with E-state index >= 15 is 0 Å². The lowest BCUT2D eigenvalue weighted by Crippen LogP contribution is -2.49. The fourth-order valence-electron chi connectivity index (χ4n) is 5.01. The molecule has 5 rings (SSSR count). The molecule has 0 saturated carbocycles. The number of hydrogen-bond acceptors (Lipinski definition) is 3. The zero-order valence-corrected chi connectivity index (χ0v) is 17.9. The first-order valence-corrected chi connectivity index (χ1v) is 10.7. The summed E-state index contributed by atoms with van der Waals surface area (Å²) in [5.41, 5.74) is 3.49. The van der Waals surface area contributed by atoms with Gasteiger partial charge in [0.1, 0.15) is 5.69 Å². The van der Waals surface area contributed by atoms with Gasteiger partial charge in [0, 0.05) is 59.3 Å². The maximum atomic E-state index is 13.2. The van der Waals surface area contributed by atoms with Gasteiger partial charge in [0.2, 0.25) is 0 Å². The Kier molecular flexibility index (Phi) is 4.71. The van der Waals surface area contributed by atoms with E-state index in [0.717, 1.165) is 28.6 Å². The van der Waals surface area contributed by atoms with Crippen LogP contribution in [0.3, 0.4) is 0 Å². The Balaban J connectivity index is 1.42. The first-order valence-electron chi connectivity index (χ1n) is 10.3. The summed E-state index contributed by atoms with van der Waals surface area (Å²) in [4.78, 5) is 33.4. The Morgan fingerprint density at radius 2 is 2.00 bits per heavy atom. The summed E-state index contributed by atoms with van der Waals surface area (Å²) in [6.45, 7) is 2.63. The number of nitrogens with one attached hydrogen (secondary N) is 1. The van der Waals surface area contributed by atoms with E-state index in [1.807, 2.05) is 58.8 Å². The van der Waals surface area contributed by atoms with E-state index < -0.39 is 0 Å². The molecule has 7 heteroatoms. The average molecular weight is 425 g/mol. The van der Waals surface area contributed by atoms with Crippen LogP contribution in [0.25, 0.3) is 10.9 Å². The minimum Gasteiger partial charge on any atom is -0.351 e. The van der Waals surface area contributed by atoms with E-state index in [-0.39, 0.29) is 17.4 Å². The van der Waals surface area contributed by atoms with Crippen LogP contribution in [0.5, 0.6) is 0 Å². The molecule has 0 spiro atoms. The molecule has 0 aliphatic carbocycles. The van der Waals surface area contributed by atoms with Crippen LogP contribution in [0.1, 0.15) is 34.1 Å². The van der Waals surface area contributed by atoms with Gasteiger partial charge in [0.15, 0.2) is 0 Å². The first kappa shape index (κ1) is 19.4. The molecule has 1 amide bonds. The molecule has 1 aromatic carbocycles. The van der Waals surface area contributed by atoms with Gasteiger partial charge in [-0.1, -0.05) is 17.7 Å². The molecular weight excluding hydrogens is 400 g/mol. The third-order valence-corrected chi connectivity index (χ3v) is 6.51. The van der Waals surface area contributed by atoms with Gasteiger partial charge in [-0.25, -0.2) is 0 Å². The number of amides is 1. The Morgan fingerprint density at radius 3 is 2.80 bits per heavy atom. The molecule has 1 saturated heterocycles. The highest BCUT2D eigenvalue weighted by molar-refractivity contribution is 6.31. The van der Waals surface area contributed by atoms with Crippen LogP contribution in [0, 0.1) is 5.92 Å². The van der Waals surface area contributed by atoms with Crippen LogP contribution in [0.4, 0.5) is 0 Å². The lowest BCUT2D eigenvalue weighted by molar-refractivity contribution is 0.0589. The van der Waals surface area contributed by atoms with Gasteiger partial charge in [0.05, 0.1) is 0 Å². The highest BCUT2D eigenvalue weighted by atomic mass is 35.5. The lowest BCUT2D eigenvalue weighted by atomic mass is 9.83. The Hall–Kier alpha value is -2.57. The summed E-state index contributed by atoms with van der Waals surface area (Å²) in [7, 11) is 3.94. The Labute approximate surface area is 180 Å². The SMILES string of the molecule is CN(C)Cc1ccc2n(c1=O)C[C@H]1C[C@@H]2CN(C(=O)c2cc3cc(Cl)ccc3[nH]2)C1. The van der Waals surface area contributed by atoms with Crippen molar-refractivity contribution >= 4 is 28.4 Å². The van der Waals surface area contributed by atoms with Crippen LogP contribution in [0.2, 0.25) is 5.02 Å². The van der Waals surface area contributed by atoms with Gasteiger partial charge in [-0.3, -0.25) is 9.59 Å². The summed E-state index contributed by atoms with van der Waals surface area (Å²) >= 11 is 6.08. The monoisotopic (exact) mass is 424 g/mol. The van der Waals surface area contributed by atoms with Crippen molar-refractivity contribution in [1.29, 1.82) is 0 Å². The minimum absolute atomic E-state index is 0.0112. The number of benzene rings is 1. The highest BCUT2D eigenvalue weighted by Gasteiger charge is 2.37. The molecule has 2 aromatic heterocycles. The molecule has 3 aromatic rings. The molecule has 1 fully saturated rings. The van der Waals surface area contributed by atoms with Crippen molar-refractivity contribution < 1.29 is 4.79 Å². The number of fused-ring (bicyclic) bond motifs is 5. The van der Waals surface area contributed by atoms with Crippen molar-refractivity contribution in [2.75, 3.05) is 27.2 Å². The van der Waals surface area contributed by atoms with E-state index in [9.17, 15) is 9.59 Å². The van der Waals surface area contributed by atoms with Crippen LogP contribution in [-0.2, 0) is 13.1 Å². The number of aromatic nitrogens is 2. The first-order chi connectivity index (χ1) is 14.4. The summed E-state index contributed by atoms with van der Waals surface area (Å²) in [6, 6.07) is 11.5. The van der Waals surface area contributed by atoms with E-state index in [4.69, 9.17) is 11.6 Å². The van der Waals surface area contributed by atoms with Crippen LogP contribution >= 0.6 is 11.6 Å². The average Bonchev–Trinajstić information content (AvgIpc) is 3.12. The van der Waals surface area contributed by atoms with Crippen LogP contribution in [0.15, 0.2) is 41.2 Å². The molecule has 30 heavy (non-hydrogen) atoms. The molecule has 0 unspecified atom stereocenters. The van der Waals surface area contributed by atoms with Gasteiger partial charge >= 0.3 is 0 Å². The standard InChI is InChI=1S/C23H25ClN4O2/c1-26(2)12-15-3-6-21-17-7-14(11-28(21)22(15)29)10-27(13-17)23(30)20-9-16-8-18(24)4-5-19(16)25-20/h3-6,8-9,14,17,25H,7,10-13H2,1-2H3/t14-,17+/m0/s1. The van der Waals surface area contributed by atoms with Crippen molar-refractivity contribution in [3.8, 4) is 0 Å². The topological polar surface area (TPSA) is 61.3 Å². The zero-order valence-electron chi connectivity index (χ0n) is 17.2. The second-order valence-electron chi connectivity index (χ2n) is 8.86. The third kappa shape index (κ3) is 3.34. The molecule has 4 heterocycles. The molecule has 2 aliphatic heterocycles. The van der Waals surface area contributed by atoms with Gasteiger partial charge in [0.25, 0.3) is 11.5 Å². The number of pyridine rings is 1. The maximum absolute atomic E-state index is 13.2. The van der Waals surface area contributed by atoms with Gasteiger partial charge in [-0.2, -0.15) is 0 Å². The summed E-state index contributed by atoms with van der Waals surface area (Å²) in [5.74, 6) is 0.504. The number of hydrogen-bond donors (Lipinski definition) is 1. The van der Waals surface area contributed by atoms with E-state index in [2.05, 4.69) is 11.1 Å². The smallest absolute Gasteiger partial charge is 0.270 e. The van der Waals surface area contributed by atoms with Crippen LogP contribution < -0.4 is 5.56 Å². The number of nitrogens with zero attached hydrogens (tertiary/aromatic N) is 3. The quantitative estimate of drug-likeness (QED) is 0.701. The number of H-pyrrole nitrogens is 1. The molecule has 2 bridgehead atoms. The predicted molar refractivity (Wildman–Crippen MR) is 118 cm³/mol. The molecule has 2 aliphatic rings. The second kappa shape index (κ2) is 7.29. The van der Waals surface area contributed by atoms with Crippen molar-refractivity contribution in [1.82, 2.24) is 19.4 Å². The van der Waals surface area contributed by atoms with Crippen LogP contribution in [-0.4, -0.2) is 52.4 Å². The summed E-state index contributed by atoms with van der Waals surface area (Å²) in [6.07, 6.45) is 1.03. The van der Waals surface area contributed by atoms with Crippen molar-refractivity contribution in [2.45, 2.75) is 25.4 Å². The van der Waals surface area contributed by atoms with E-state index in [0.29, 0.717) is 42.8 Å². The largest absolute Gasteiger partial charge is 0.351 e. The highest BCUT2D eigenvalue weighted by Crippen LogP contribution is 2.36. The third-order valence-electron chi connectivity index (χ3n) is 6.27. The molecule has 0 radical (unpaired) electrons. The summed E-state index contributed by atoms with van der Waals surface area (Å²) in [5, 5.41) is 1.59. The number of carbonyl (C=O) groups excluding carboxylic acids is 1. The molecule has 1 N–H and O–H groups in total. The lowest BCUT2D eigenvalue weighted by Gasteiger charge is -2.42. The Morgan fingerprint density at radius 1 is 1.17 bits per heavy atom. The van der Waals surface area contributed by atoms with Gasteiger partial charge in [-0.15, -0.1) is 0 Å². The van der Waals surface area contributed by atoms with Gasteiger partial charge in [-0.05, 0) is 56.8 Å². The van der Waals surface area contributed by atoms with Crippen molar-refractivity contribution in [2.24, 2.45) is 5.92 Å². The number of carbonyl (C=O) groups is 1. The molecule has 2 atom stereocenters. The molecular formula is C23H25ClN4O2.